The van der Waals surface area contributed by atoms with Crippen molar-refractivity contribution in [2.24, 2.45) is 0 Å². The Hall–Kier alpha value is -3.14. The zero-order chi connectivity index (χ0) is 24.4. The number of phenols is 2. The molecule has 4 rings (SSSR count). The normalized spacial score (nSPS) is 18.1. The van der Waals surface area contributed by atoms with Crippen LogP contribution in [0.15, 0.2) is 24.3 Å². The van der Waals surface area contributed by atoms with Crippen molar-refractivity contribution in [1.82, 2.24) is 9.80 Å². The van der Waals surface area contributed by atoms with Crippen LogP contribution in [0.2, 0.25) is 0 Å². The molecule has 2 aromatic carbocycles. The van der Waals surface area contributed by atoms with Gasteiger partial charge < -0.3 is 30.9 Å². The van der Waals surface area contributed by atoms with Crippen LogP contribution in [0.1, 0.15) is 44.7 Å². The van der Waals surface area contributed by atoms with Gasteiger partial charge in [0.1, 0.15) is 11.5 Å². The van der Waals surface area contributed by atoms with Crippen molar-refractivity contribution in [1.29, 1.82) is 0 Å². The molecular weight excluding hydrogens is 436 g/mol. The molecule has 0 saturated carbocycles. The lowest BCUT2D eigenvalue weighted by Crippen LogP contribution is -2.40. The molecule has 0 amide bonds. The molecular formula is C25H32N4O5. The van der Waals surface area contributed by atoms with Gasteiger partial charge in [0.15, 0.2) is 0 Å². The van der Waals surface area contributed by atoms with Crippen molar-refractivity contribution in [3.63, 3.8) is 0 Å². The Morgan fingerprint density at radius 3 is 2.00 bits per heavy atom. The topological polar surface area (TPSA) is 125 Å². The number of likely N-dealkylation sites (N-methyl/N-ethyl adjacent to an activating group) is 1. The van der Waals surface area contributed by atoms with Crippen LogP contribution in [0.3, 0.4) is 0 Å². The Morgan fingerprint density at radius 2 is 1.47 bits per heavy atom. The van der Waals surface area contributed by atoms with Crippen molar-refractivity contribution in [3.8, 4) is 11.5 Å². The van der Waals surface area contributed by atoms with E-state index in [2.05, 4.69) is 15.5 Å². The van der Waals surface area contributed by atoms with Gasteiger partial charge in [-0.3, -0.25) is 14.5 Å². The number of aliphatic hydroxyl groups is 1. The van der Waals surface area contributed by atoms with E-state index in [4.69, 9.17) is 0 Å². The van der Waals surface area contributed by atoms with Gasteiger partial charge in [-0.05, 0) is 57.7 Å². The van der Waals surface area contributed by atoms with E-state index in [9.17, 15) is 24.9 Å². The number of hydrogen-bond donors (Lipinski definition) is 5. The maximum absolute atomic E-state index is 13.5. The van der Waals surface area contributed by atoms with Crippen molar-refractivity contribution in [3.05, 3.63) is 46.5 Å². The SMILES string of the molecule is CN(C)CCNc1ccc(NCCN2CCCC(O)C2)c2c1C(=O)c1c(O)ccc(O)c1C2=O. The highest BCUT2D eigenvalue weighted by Gasteiger charge is 2.38. The van der Waals surface area contributed by atoms with Crippen LogP contribution in [-0.2, 0) is 0 Å². The second-order valence-corrected chi connectivity index (χ2v) is 9.18. The molecule has 0 aromatic heterocycles. The quantitative estimate of drug-likeness (QED) is 0.314. The van der Waals surface area contributed by atoms with Gasteiger partial charge in [0.25, 0.3) is 0 Å². The van der Waals surface area contributed by atoms with E-state index in [1.165, 1.54) is 12.1 Å². The lowest BCUT2D eigenvalue weighted by Gasteiger charge is -2.30. The number of nitrogens with zero attached hydrogens (tertiary/aromatic N) is 2. The molecule has 0 spiro atoms. The fourth-order valence-electron chi connectivity index (χ4n) is 4.66. The Kier molecular flexibility index (Phi) is 7.06. The first-order valence-corrected chi connectivity index (χ1v) is 11.6. The summed E-state index contributed by atoms with van der Waals surface area (Å²) in [7, 11) is 3.88. The lowest BCUT2D eigenvalue weighted by molar-refractivity contribution is 0.0730. The fraction of sp³-hybridized carbons (Fsp3) is 0.440. The molecule has 9 nitrogen and oxygen atoms in total. The summed E-state index contributed by atoms with van der Waals surface area (Å²) in [6.07, 6.45) is 1.43. The summed E-state index contributed by atoms with van der Waals surface area (Å²) in [5.74, 6) is -1.69. The van der Waals surface area contributed by atoms with E-state index in [0.29, 0.717) is 37.6 Å². The first-order chi connectivity index (χ1) is 16.3. The molecule has 0 radical (unpaired) electrons. The van der Waals surface area contributed by atoms with E-state index in [1.807, 2.05) is 19.0 Å². The number of anilines is 2. The molecule has 1 aliphatic heterocycles. The highest BCUT2D eigenvalue weighted by Crippen LogP contribution is 2.42. The van der Waals surface area contributed by atoms with Gasteiger partial charge in [-0.25, -0.2) is 0 Å². The summed E-state index contributed by atoms with van der Waals surface area (Å²) in [6.45, 7) is 4.01. The number of aromatic hydroxyl groups is 2. The number of hydrogen-bond acceptors (Lipinski definition) is 9. The minimum absolute atomic E-state index is 0.174. The number of rotatable bonds is 8. The minimum atomic E-state index is -0.509. The van der Waals surface area contributed by atoms with Gasteiger partial charge in [-0.15, -0.1) is 0 Å². The average Bonchev–Trinajstić information content (AvgIpc) is 2.79. The number of β-amino-alcohol motifs (C(OH)–C–C–N with tert-alkyl or cyclic N) is 1. The minimum Gasteiger partial charge on any atom is -0.507 e. The lowest BCUT2D eigenvalue weighted by atomic mass is 9.81. The van der Waals surface area contributed by atoms with Crippen LogP contribution in [-0.4, -0.2) is 96.2 Å². The summed E-state index contributed by atoms with van der Waals surface area (Å²) in [6, 6.07) is 5.96. The Labute approximate surface area is 199 Å². The fourth-order valence-corrected chi connectivity index (χ4v) is 4.66. The molecule has 1 fully saturated rings. The van der Waals surface area contributed by atoms with Crippen LogP contribution in [0, 0.1) is 0 Å². The summed E-state index contributed by atoms with van der Waals surface area (Å²) in [5, 5.41) is 37.1. The number of aliphatic hydroxyl groups excluding tert-OH is 1. The predicted molar refractivity (Wildman–Crippen MR) is 130 cm³/mol. The maximum atomic E-state index is 13.5. The zero-order valence-electron chi connectivity index (χ0n) is 19.6. The number of fused-ring (bicyclic) bond motifs is 2. The highest BCUT2D eigenvalue weighted by atomic mass is 16.3. The zero-order valence-corrected chi connectivity index (χ0v) is 19.6. The van der Waals surface area contributed by atoms with Crippen molar-refractivity contribution in [2.45, 2.75) is 18.9 Å². The molecule has 1 aliphatic carbocycles. The predicted octanol–water partition coefficient (Wildman–Crippen LogP) is 1.72. The number of carbonyl (C=O) groups is 2. The van der Waals surface area contributed by atoms with Crippen LogP contribution in [0.25, 0.3) is 0 Å². The van der Waals surface area contributed by atoms with Gasteiger partial charge in [0, 0.05) is 44.1 Å². The number of carbonyl (C=O) groups excluding carboxylic acids is 2. The molecule has 1 heterocycles. The van der Waals surface area contributed by atoms with E-state index in [-0.39, 0.29) is 39.9 Å². The van der Waals surface area contributed by atoms with Gasteiger partial charge in [0.2, 0.25) is 11.6 Å². The van der Waals surface area contributed by atoms with E-state index in [0.717, 1.165) is 25.9 Å². The summed E-state index contributed by atoms with van der Waals surface area (Å²) < 4.78 is 0. The highest BCUT2D eigenvalue weighted by molar-refractivity contribution is 6.33. The second-order valence-electron chi connectivity index (χ2n) is 9.18. The number of likely N-dealkylation sites (tertiary alicyclic amines) is 1. The molecule has 5 N–H and O–H groups in total. The van der Waals surface area contributed by atoms with Gasteiger partial charge in [-0.1, -0.05) is 0 Å². The van der Waals surface area contributed by atoms with Crippen LogP contribution < -0.4 is 10.6 Å². The van der Waals surface area contributed by atoms with E-state index in [1.54, 1.807) is 12.1 Å². The number of ketones is 2. The first kappa shape index (κ1) is 24.0. The van der Waals surface area contributed by atoms with E-state index >= 15 is 0 Å². The third-order valence-electron chi connectivity index (χ3n) is 6.37. The number of nitrogens with one attached hydrogen (secondary N) is 2. The monoisotopic (exact) mass is 468 g/mol. The molecule has 2 aliphatic rings. The van der Waals surface area contributed by atoms with Crippen molar-refractivity contribution < 1.29 is 24.9 Å². The molecule has 34 heavy (non-hydrogen) atoms. The molecule has 9 heteroatoms. The van der Waals surface area contributed by atoms with Crippen LogP contribution >= 0.6 is 0 Å². The molecule has 182 valence electrons. The van der Waals surface area contributed by atoms with Crippen molar-refractivity contribution in [2.75, 3.05) is 64.0 Å². The third kappa shape index (κ3) is 4.72. The first-order valence-electron chi connectivity index (χ1n) is 11.6. The number of phenolic OH excluding ortho intramolecular Hbond substituents is 2. The Balaban J connectivity index is 1.67. The smallest absolute Gasteiger partial charge is 0.200 e. The molecule has 1 atom stereocenters. The second kappa shape index (κ2) is 10.0. The Morgan fingerprint density at radius 1 is 0.912 bits per heavy atom. The molecule has 1 saturated heterocycles. The third-order valence-corrected chi connectivity index (χ3v) is 6.37. The molecule has 2 aromatic rings. The summed E-state index contributed by atoms with van der Waals surface area (Å²) in [4.78, 5) is 31.2. The van der Waals surface area contributed by atoms with Crippen LogP contribution in [0.5, 0.6) is 11.5 Å². The number of piperidine rings is 1. The average molecular weight is 469 g/mol. The standard InChI is InChI=1S/C25H32N4O5/c1-28(2)12-9-26-16-5-6-17(27-10-13-29-11-3-4-15(30)14-29)21-20(16)24(33)22-18(31)7-8-19(32)23(22)25(21)34/h5-8,15,26-27,30-32H,3-4,9-14H2,1-2H3. The summed E-state index contributed by atoms with van der Waals surface area (Å²) in [5.41, 5.74) is 1.03. The molecule has 0 bridgehead atoms. The largest absolute Gasteiger partial charge is 0.507 e. The van der Waals surface area contributed by atoms with Gasteiger partial charge >= 0.3 is 0 Å². The maximum Gasteiger partial charge on any atom is 0.200 e. The number of benzene rings is 2. The Bertz CT molecular complexity index is 1100. The molecule has 1 unspecified atom stereocenters. The summed E-state index contributed by atoms with van der Waals surface area (Å²) >= 11 is 0. The van der Waals surface area contributed by atoms with Crippen molar-refractivity contribution >= 4 is 22.9 Å². The van der Waals surface area contributed by atoms with E-state index < -0.39 is 11.6 Å². The van der Waals surface area contributed by atoms with Gasteiger partial charge in [0.05, 0.1) is 28.4 Å². The van der Waals surface area contributed by atoms with Gasteiger partial charge in [-0.2, -0.15) is 0 Å². The van der Waals surface area contributed by atoms with Crippen LogP contribution in [0.4, 0.5) is 11.4 Å².